The van der Waals surface area contributed by atoms with Crippen molar-refractivity contribution in [3.63, 3.8) is 0 Å². The summed E-state index contributed by atoms with van der Waals surface area (Å²) in [5.41, 5.74) is 14.2. The summed E-state index contributed by atoms with van der Waals surface area (Å²) in [5.74, 6) is 6.86. The first kappa shape index (κ1) is 25.2. The number of amides is 1. The quantitative estimate of drug-likeness (QED) is 0.153. The Morgan fingerprint density at radius 3 is 2.54 bits per heavy atom. The third-order valence-electron chi connectivity index (χ3n) is 7.42. The van der Waals surface area contributed by atoms with Crippen LogP contribution in [0.2, 0.25) is 0 Å². The maximum Gasteiger partial charge on any atom is 0.256 e. The van der Waals surface area contributed by atoms with Crippen LogP contribution in [-0.2, 0) is 11.3 Å². The van der Waals surface area contributed by atoms with Gasteiger partial charge in [0.15, 0.2) is 5.84 Å². The van der Waals surface area contributed by atoms with E-state index in [0.717, 1.165) is 84.2 Å². The predicted molar refractivity (Wildman–Crippen MR) is 152 cm³/mol. The number of nitrogens with zero attached hydrogens (tertiary/aromatic N) is 3. The van der Waals surface area contributed by atoms with Gasteiger partial charge in [0.1, 0.15) is 11.4 Å². The monoisotopic (exact) mass is 514 g/mol. The zero-order chi connectivity index (χ0) is 25.8. The first-order valence-electron chi connectivity index (χ1n) is 13.0. The Balaban J connectivity index is 1.43. The molecule has 0 bridgehead atoms. The molecule has 1 fully saturated rings. The minimum Gasteiger partial charge on any atom is -0.382 e. The van der Waals surface area contributed by atoms with E-state index in [1.54, 1.807) is 11.3 Å². The van der Waals surface area contributed by atoms with Gasteiger partial charge in [0.2, 0.25) is 0 Å². The van der Waals surface area contributed by atoms with E-state index in [1.165, 1.54) is 0 Å². The van der Waals surface area contributed by atoms with Crippen LogP contribution in [0.1, 0.15) is 63.0 Å². The lowest BCUT2D eigenvalue weighted by atomic mass is 9.94. The molecule has 37 heavy (non-hydrogen) atoms. The molecule has 1 spiro atoms. The molecule has 1 aromatic heterocycles. The Morgan fingerprint density at radius 2 is 1.86 bits per heavy atom. The van der Waals surface area contributed by atoms with E-state index in [2.05, 4.69) is 64.7 Å². The molecule has 192 valence electrons. The first-order chi connectivity index (χ1) is 18.0. The van der Waals surface area contributed by atoms with Crippen LogP contribution in [0.4, 0.5) is 0 Å². The number of hydrazine groups is 1. The van der Waals surface area contributed by atoms with Crippen molar-refractivity contribution in [3.8, 4) is 22.3 Å². The minimum absolute atomic E-state index is 0.184. The summed E-state index contributed by atoms with van der Waals surface area (Å²) < 4.78 is 0. The molecule has 2 aliphatic rings. The Kier molecular flexibility index (Phi) is 7.39. The second kappa shape index (κ2) is 10.9. The smallest absolute Gasteiger partial charge is 0.256 e. The zero-order valence-electron chi connectivity index (χ0n) is 21.2. The third kappa shape index (κ3) is 5.04. The van der Waals surface area contributed by atoms with Crippen LogP contribution in [-0.4, -0.2) is 28.0 Å². The minimum atomic E-state index is -0.506. The van der Waals surface area contributed by atoms with Gasteiger partial charge in [0.05, 0.1) is 6.54 Å². The summed E-state index contributed by atoms with van der Waals surface area (Å²) in [6, 6.07) is 16.6. The molecular weight excluding hydrogens is 480 g/mol. The first-order valence-corrected chi connectivity index (χ1v) is 13.9. The average molecular weight is 515 g/mol. The van der Waals surface area contributed by atoms with E-state index in [-0.39, 0.29) is 5.91 Å². The lowest BCUT2D eigenvalue weighted by Gasteiger charge is -2.23. The second-order valence-electron chi connectivity index (χ2n) is 9.86. The highest BCUT2D eigenvalue weighted by atomic mass is 32.1. The number of carbonyl (C=O) groups is 1. The molecule has 1 aliphatic carbocycles. The molecule has 5 N–H and O–H groups in total. The van der Waals surface area contributed by atoms with E-state index in [9.17, 15) is 4.79 Å². The highest BCUT2D eigenvalue weighted by Crippen LogP contribution is 2.40. The van der Waals surface area contributed by atoms with Gasteiger partial charge < -0.3 is 5.73 Å². The van der Waals surface area contributed by atoms with Crippen LogP contribution in [0.5, 0.6) is 0 Å². The number of hydrogen-bond donors (Lipinski definition) is 3. The highest BCUT2D eigenvalue weighted by molar-refractivity contribution is 7.08. The number of benzene rings is 2. The number of amidine groups is 2. The van der Waals surface area contributed by atoms with Crippen molar-refractivity contribution in [1.82, 2.24) is 10.4 Å². The number of nitrogens with two attached hydrogens (primary N) is 2. The maximum atomic E-state index is 13.5. The van der Waals surface area contributed by atoms with Crippen LogP contribution in [0.3, 0.4) is 0 Å². The van der Waals surface area contributed by atoms with E-state index in [0.29, 0.717) is 12.4 Å². The van der Waals surface area contributed by atoms with Crippen LogP contribution < -0.4 is 17.1 Å². The van der Waals surface area contributed by atoms with Crippen LogP contribution in [0.25, 0.3) is 22.3 Å². The van der Waals surface area contributed by atoms with Crippen molar-refractivity contribution in [1.29, 1.82) is 0 Å². The van der Waals surface area contributed by atoms with Gasteiger partial charge in [0, 0.05) is 12.0 Å². The Morgan fingerprint density at radius 1 is 1.11 bits per heavy atom. The standard InChI is InChI=1S/C29H34N6OS/c1-2-3-6-26-32-29(14-4-5-15-29)28(36)35(26)18-20-7-9-21(10-8-20)25-17-22(23-13-16-37-19-23)11-12-24(25)27(30)33-34-31/h7-13,16-17,19,34H,2-6,14-15,18,31H2,1H3,(H2,30,33). The summed E-state index contributed by atoms with van der Waals surface area (Å²) in [6.45, 7) is 2.72. The summed E-state index contributed by atoms with van der Waals surface area (Å²) in [4.78, 5) is 20.5. The molecule has 1 saturated carbocycles. The highest BCUT2D eigenvalue weighted by Gasteiger charge is 2.49. The lowest BCUT2D eigenvalue weighted by Crippen LogP contribution is -2.40. The molecule has 2 heterocycles. The van der Waals surface area contributed by atoms with Crippen molar-refractivity contribution >= 4 is 28.9 Å². The number of thiophene rings is 1. The van der Waals surface area contributed by atoms with Gasteiger partial charge in [-0.1, -0.05) is 56.5 Å². The third-order valence-corrected chi connectivity index (χ3v) is 8.11. The summed E-state index contributed by atoms with van der Waals surface area (Å²) in [5, 5.41) is 8.20. The SMILES string of the molecule is CCCCC1=NC2(CCCC2)C(=O)N1Cc1ccc(-c2cc(-c3ccsc3)ccc2/C(N)=N/NN)cc1. The lowest BCUT2D eigenvalue weighted by molar-refractivity contribution is -0.131. The van der Waals surface area contributed by atoms with Gasteiger partial charge >= 0.3 is 0 Å². The van der Waals surface area contributed by atoms with E-state index < -0.39 is 5.54 Å². The number of rotatable bonds is 9. The zero-order valence-corrected chi connectivity index (χ0v) is 22.1. The second-order valence-corrected chi connectivity index (χ2v) is 10.6. The number of nitrogens with one attached hydrogen (secondary N) is 1. The van der Waals surface area contributed by atoms with Gasteiger partial charge in [-0.15, -0.1) is 5.10 Å². The number of hydrazone groups is 1. The molecule has 1 amide bonds. The Bertz CT molecular complexity index is 1310. The molecule has 0 unspecified atom stereocenters. The summed E-state index contributed by atoms with van der Waals surface area (Å²) in [7, 11) is 0. The molecule has 5 rings (SSSR count). The van der Waals surface area contributed by atoms with Crippen molar-refractivity contribution in [3.05, 3.63) is 70.4 Å². The van der Waals surface area contributed by atoms with Crippen LogP contribution >= 0.6 is 11.3 Å². The summed E-state index contributed by atoms with van der Waals surface area (Å²) in [6.07, 6.45) is 6.90. The molecule has 8 heteroatoms. The average Bonchev–Trinajstić information content (AvgIpc) is 3.67. The number of aliphatic imine (C=N–C) groups is 1. The fraction of sp³-hybridized carbons (Fsp3) is 0.345. The predicted octanol–water partition coefficient (Wildman–Crippen LogP) is 5.41. The Labute approximate surface area is 222 Å². The molecule has 1 aliphatic heterocycles. The molecule has 2 aromatic carbocycles. The van der Waals surface area contributed by atoms with Crippen molar-refractivity contribution in [2.45, 2.75) is 64.0 Å². The molecule has 3 aromatic rings. The van der Waals surface area contributed by atoms with Crippen molar-refractivity contribution < 1.29 is 4.79 Å². The number of carbonyl (C=O) groups excluding carboxylic acids is 1. The molecule has 0 radical (unpaired) electrons. The van der Waals surface area contributed by atoms with Crippen LogP contribution in [0.15, 0.2) is 69.4 Å². The van der Waals surface area contributed by atoms with E-state index in [4.69, 9.17) is 16.6 Å². The maximum absolute atomic E-state index is 13.5. The fourth-order valence-corrected chi connectivity index (χ4v) is 6.08. The van der Waals surface area contributed by atoms with Crippen molar-refractivity contribution in [2.75, 3.05) is 0 Å². The van der Waals surface area contributed by atoms with Crippen LogP contribution in [0, 0.1) is 0 Å². The number of hydrogen-bond acceptors (Lipinski definition) is 6. The van der Waals surface area contributed by atoms with E-state index in [1.807, 2.05) is 17.0 Å². The van der Waals surface area contributed by atoms with Gasteiger partial charge in [-0.05, 0) is 76.0 Å². The van der Waals surface area contributed by atoms with Gasteiger partial charge in [0.25, 0.3) is 5.91 Å². The largest absolute Gasteiger partial charge is 0.382 e. The molecule has 7 nitrogen and oxygen atoms in total. The fourth-order valence-electron chi connectivity index (χ4n) is 5.41. The molecular formula is C29H34N6OS. The molecule has 0 atom stereocenters. The van der Waals surface area contributed by atoms with Gasteiger partial charge in [-0.2, -0.15) is 11.3 Å². The van der Waals surface area contributed by atoms with Crippen molar-refractivity contribution in [2.24, 2.45) is 21.7 Å². The van der Waals surface area contributed by atoms with Gasteiger partial charge in [-0.3, -0.25) is 14.7 Å². The normalized spacial score (nSPS) is 17.0. The van der Waals surface area contributed by atoms with Gasteiger partial charge in [-0.25, -0.2) is 11.4 Å². The topological polar surface area (TPSA) is 109 Å². The molecule has 0 saturated heterocycles. The van der Waals surface area contributed by atoms with E-state index >= 15 is 0 Å². The number of unbranched alkanes of at least 4 members (excludes halogenated alkanes) is 1. The summed E-state index contributed by atoms with van der Waals surface area (Å²) >= 11 is 1.67. The Hall–Kier alpha value is -3.49.